The van der Waals surface area contributed by atoms with E-state index in [4.69, 9.17) is 4.74 Å². The van der Waals surface area contributed by atoms with E-state index in [0.717, 1.165) is 12.2 Å². The minimum absolute atomic E-state index is 0.466. The molecule has 2 aromatic rings. The second kappa shape index (κ2) is 7.46. The van der Waals surface area contributed by atoms with Crippen molar-refractivity contribution in [3.8, 4) is 5.75 Å². The Hall–Kier alpha value is -1.80. The number of benzene rings is 2. The van der Waals surface area contributed by atoms with Gasteiger partial charge < -0.3 is 4.74 Å². The molecule has 0 spiro atoms. The van der Waals surface area contributed by atoms with Crippen LogP contribution < -0.4 is 4.74 Å². The van der Waals surface area contributed by atoms with E-state index < -0.39 is 0 Å². The highest BCUT2D eigenvalue weighted by molar-refractivity contribution is 5.30. The van der Waals surface area contributed by atoms with Gasteiger partial charge in [0, 0.05) is 6.04 Å². The van der Waals surface area contributed by atoms with Crippen LogP contribution >= 0.6 is 0 Å². The quantitative estimate of drug-likeness (QED) is 0.807. The van der Waals surface area contributed by atoms with E-state index in [1.165, 1.54) is 43.5 Å². The highest BCUT2D eigenvalue weighted by Gasteiger charge is 2.22. The number of rotatable bonds is 5. The van der Waals surface area contributed by atoms with Crippen LogP contribution in [0.2, 0.25) is 0 Å². The van der Waals surface area contributed by atoms with E-state index in [9.17, 15) is 0 Å². The molecule has 0 radical (unpaired) electrons. The Morgan fingerprint density at radius 1 is 0.909 bits per heavy atom. The monoisotopic (exact) mass is 295 g/mol. The molecule has 1 aliphatic heterocycles. The molecule has 0 amide bonds. The lowest BCUT2D eigenvalue weighted by Crippen LogP contribution is -2.34. The molecule has 1 aliphatic rings. The summed E-state index contributed by atoms with van der Waals surface area (Å²) >= 11 is 0. The lowest BCUT2D eigenvalue weighted by Gasteiger charge is -2.35. The standard InChI is InChI=1S/C20H25NO/c1-22-19-12-10-18(11-13-19)20(21-14-6-3-7-15-21)16-17-8-4-2-5-9-17/h2,4-5,8-13,20H,3,6-7,14-16H2,1H3/t20-/m1/s1. The van der Waals surface area contributed by atoms with Gasteiger partial charge in [-0.2, -0.15) is 0 Å². The largest absolute Gasteiger partial charge is 0.497 e. The van der Waals surface area contributed by atoms with Crippen LogP contribution in [0.5, 0.6) is 5.75 Å². The van der Waals surface area contributed by atoms with Crippen LogP contribution in [0.15, 0.2) is 54.6 Å². The van der Waals surface area contributed by atoms with Gasteiger partial charge in [0.25, 0.3) is 0 Å². The molecule has 22 heavy (non-hydrogen) atoms. The summed E-state index contributed by atoms with van der Waals surface area (Å²) in [6.07, 6.45) is 5.09. The number of hydrogen-bond acceptors (Lipinski definition) is 2. The van der Waals surface area contributed by atoms with Gasteiger partial charge in [0.1, 0.15) is 5.75 Å². The zero-order chi connectivity index (χ0) is 15.2. The van der Waals surface area contributed by atoms with Crippen LogP contribution in [-0.2, 0) is 6.42 Å². The van der Waals surface area contributed by atoms with Crippen molar-refractivity contribution in [3.05, 3.63) is 65.7 Å². The van der Waals surface area contributed by atoms with Gasteiger partial charge in [0.2, 0.25) is 0 Å². The van der Waals surface area contributed by atoms with Gasteiger partial charge in [-0.05, 0) is 55.6 Å². The van der Waals surface area contributed by atoms with E-state index in [2.05, 4.69) is 59.5 Å². The fourth-order valence-electron chi connectivity index (χ4n) is 3.35. The van der Waals surface area contributed by atoms with Gasteiger partial charge in [-0.1, -0.05) is 48.9 Å². The third-order valence-corrected chi connectivity index (χ3v) is 4.60. The van der Waals surface area contributed by atoms with Crippen molar-refractivity contribution in [2.75, 3.05) is 20.2 Å². The van der Waals surface area contributed by atoms with E-state index in [0.29, 0.717) is 6.04 Å². The van der Waals surface area contributed by atoms with Crippen molar-refractivity contribution < 1.29 is 4.74 Å². The lowest BCUT2D eigenvalue weighted by atomic mass is 9.95. The second-order valence-corrected chi connectivity index (χ2v) is 6.08. The molecule has 1 fully saturated rings. The zero-order valence-electron chi connectivity index (χ0n) is 13.4. The number of methoxy groups -OCH3 is 1. The summed E-state index contributed by atoms with van der Waals surface area (Å²) in [5, 5.41) is 0. The average Bonchev–Trinajstić information content (AvgIpc) is 2.61. The molecule has 2 heteroatoms. The number of ether oxygens (including phenoxy) is 1. The van der Waals surface area contributed by atoms with Crippen molar-refractivity contribution in [2.45, 2.75) is 31.7 Å². The third kappa shape index (κ3) is 3.69. The van der Waals surface area contributed by atoms with Crippen LogP contribution in [0, 0.1) is 0 Å². The van der Waals surface area contributed by atoms with Gasteiger partial charge in [-0.25, -0.2) is 0 Å². The molecule has 2 aromatic carbocycles. The van der Waals surface area contributed by atoms with Crippen LogP contribution in [0.1, 0.15) is 36.4 Å². The smallest absolute Gasteiger partial charge is 0.118 e. The molecule has 3 rings (SSSR count). The normalized spacial score (nSPS) is 17.1. The molecule has 1 heterocycles. The molecule has 1 atom stereocenters. The van der Waals surface area contributed by atoms with Crippen molar-refractivity contribution in [1.82, 2.24) is 4.90 Å². The minimum Gasteiger partial charge on any atom is -0.497 e. The third-order valence-electron chi connectivity index (χ3n) is 4.60. The second-order valence-electron chi connectivity index (χ2n) is 6.08. The highest BCUT2D eigenvalue weighted by atomic mass is 16.5. The van der Waals surface area contributed by atoms with Gasteiger partial charge >= 0.3 is 0 Å². The Bertz CT molecular complexity index is 558. The first kappa shape index (κ1) is 15.1. The molecule has 116 valence electrons. The van der Waals surface area contributed by atoms with Crippen molar-refractivity contribution in [3.63, 3.8) is 0 Å². The SMILES string of the molecule is COc1ccc([C@@H](Cc2ccccc2)N2CCCCC2)cc1. The number of nitrogens with zero attached hydrogens (tertiary/aromatic N) is 1. The summed E-state index contributed by atoms with van der Waals surface area (Å²) in [4.78, 5) is 2.65. The van der Waals surface area contributed by atoms with Crippen molar-refractivity contribution in [2.24, 2.45) is 0 Å². The minimum atomic E-state index is 0.466. The summed E-state index contributed by atoms with van der Waals surface area (Å²) in [7, 11) is 1.72. The molecule has 2 nitrogen and oxygen atoms in total. The predicted octanol–water partition coefficient (Wildman–Crippen LogP) is 4.46. The molecule has 0 N–H and O–H groups in total. The Kier molecular flexibility index (Phi) is 5.12. The van der Waals surface area contributed by atoms with Crippen LogP contribution in [0.3, 0.4) is 0 Å². The Balaban J connectivity index is 1.83. The van der Waals surface area contributed by atoms with Crippen LogP contribution in [0.25, 0.3) is 0 Å². The number of piperidine rings is 1. The summed E-state index contributed by atoms with van der Waals surface area (Å²) < 4.78 is 5.30. The maximum absolute atomic E-state index is 5.30. The van der Waals surface area contributed by atoms with Gasteiger partial charge in [0.15, 0.2) is 0 Å². The van der Waals surface area contributed by atoms with Gasteiger partial charge in [0.05, 0.1) is 7.11 Å². The topological polar surface area (TPSA) is 12.5 Å². The van der Waals surface area contributed by atoms with Crippen LogP contribution in [-0.4, -0.2) is 25.1 Å². The summed E-state index contributed by atoms with van der Waals surface area (Å²) in [5.74, 6) is 0.931. The lowest BCUT2D eigenvalue weighted by molar-refractivity contribution is 0.162. The fraction of sp³-hybridized carbons (Fsp3) is 0.400. The van der Waals surface area contributed by atoms with E-state index >= 15 is 0 Å². The van der Waals surface area contributed by atoms with E-state index in [1.54, 1.807) is 7.11 Å². The fourth-order valence-corrected chi connectivity index (χ4v) is 3.35. The van der Waals surface area contributed by atoms with Gasteiger partial charge in [-0.15, -0.1) is 0 Å². The maximum atomic E-state index is 5.30. The summed E-state index contributed by atoms with van der Waals surface area (Å²) in [6.45, 7) is 2.42. The van der Waals surface area contributed by atoms with Gasteiger partial charge in [-0.3, -0.25) is 4.90 Å². The molecule has 0 aliphatic carbocycles. The van der Waals surface area contributed by atoms with E-state index in [-0.39, 0.29) is 0 Å². The Morgan fingerprint density at radius 3 is 2.23 bits per heavy atom. The molecule has 1 saturated heterocycles. The summed E-state index contributed by atoms with van der Waals surface area (Å²) in [6, 6.07) is 19.9. The number of hydrogen-bond donors (Lipinski definition) is 0. The molecule has 0 saturated carbocycles. The zero-order valence-corrected chi connectivity index (χ0v) is 13.4. The summed E-state index contributed by atoms with van der Waals surface area (Å²) in [5.41, 5.74) is 2.81. The van der Waals surface area contributed by atoms with E-state index in [1.807, 2.05) is 0 Å². The molecule has 0 unspecified atom stereocenters. The molecule has 0 bridgehead atoms. The molecular formula is C20H25NO. The van der Waals surface area contributed by atoms with Crippen molar-refractivity contribution >= 4 is 0 Å². The first-order valence-corrected chi connectivity index (χ1v) is 8.29. The maximum Gasteiger partial charge on any atom is 0.118 e. The first-order chi connectivity index (χ1) is 10.9. The average molecular weight is 295 g/mol. The molecular weight excluding hydrogens is 270 g/mol. The Labute approximate surface area is 133 Å². The van der Waals surface area contributed by atoms with Crippen molar-refractivity contribution in [1.29, 1.82) is 0 Å². The highest BCUT2D eigenvalue weighted by Crippen LogP contribution is 2.29. The first-order valence-electron chi connectivity index (χ1n) is 8.29. The predicted molar refractivity (Wildman–Crippen MR) is 91.3 cm³/mol. The Morgan fingerprint density at radius 2 is 1.59 bits per heavy atom. The number of likely N-dealkylation sites (tertiary alicyclic amines) is 1. The van der Waals surface area contributed by atoms with Crippen LogP contribution in [0.4, 0.5) is 0 Å². The molecule has 0 aromatic heterocycles.